The SMILES string of the molecule is COC(C)(C)CCC1(CO)CCOC1C. The van der Waals surface area contributed by atoms with Crippen molar-refractivity contribution in [2.45, 2.75) is 51.7 Å². The molecule has 2 unspecified atom stereocenters. The maximum absolute atomic E-state index is 9.54. The van der Waals surface area contributed by atoms with Gasteiger partial charge in [0.15, 0.2) is 0 Å². The van der Waals surface area contributed by atoms with Crippen molar-refractivity contribution in [1.29, 1.82) is 0 Å². The molecule has 0 amide bonds. The molecular formula is C12H24O3. The third-order valence-corrected chi connectivity index (χ3v) is 3.92. The van der Waals surface area contributed by atoms with Gasteiger partial charge in [-0.1, -0.05) is 0 Å². The summed E-state index contributed by atoms with van der Waals surface area (Å²) in [5.41, 5.74) is -0.152. The van der Waals surface area contributed by atoms with E-state index in [9.17, 15) is 5.11 Å². The van der Waals surface area contributed by atoms with Gasteiger partial charge in [0.25, 0.3) is 0 Å². The van der Waals surface area contributed by atoms with Crippen LogP contribution in [0.2, 0.25) is 0 Å². The molecule has 0 aromatic rings. The van der Waals surface area contributed by atoms with Crippen LogP contribution in [0.25, 0.3) is 0 Å². The molecule has 3 heteroatoms. The first-order chi connectivity index (χ1) is 6.96. The van der Waals surface area contributed by atoms with Crippen LogP contribution in [-0.4, -0.2) is 37.1 Å². The van der Waals surface area contributed by atoms with Crippen LogP contribution in [0.1, 0.15) is 40.0 Å². The van der Waals surface area contributed by atoms with Crippen LogP contribution in [0.5, 0.6) is 0 Å². The second-order valence-electron chi connectivity index (χ2n) is 5.25. The molecule has 0 aromatic heterocycles. The normalized spacial score (nSPS) is 32.2. The minimum atomic E-state index is -0.107. The first-order valence-electron chi connectivity index (χ1n) is 5.73. The molecule has 3 nitrogen and oxygen atoms in total. The number of hydrogen-bond donors (Lipinski definition) is 1. The number of aliphatic hydroxyl groups excluding tert-OH is 1. The van der Waals surface area contributed by atoms with Gasteiger partial charge in [0.1, 0.15) is 0 Å². The van der Waals surface area contributed by atoms with E-state index in [0.29, 0.717) is 0 Å². The zero-order valence-corrected chi connectivity index (χ0v) is 10.4. The summed E-state index contributed by atoms with van der Waals surface area (Å²) in [6.45, 7) is 7.21. The fourth-order valence-electron chi connectivity index (χ4n) is 2.09. The highest BCUT2D eigenvalue weighted by molar-refractivity contribution is 4.90. The first kappa shape index (κ1) is 12.9. The topological polar surface area (TPSA) is 38.7 Å². The fraction of sp³-hybridized carbons (Fsp3) is 1.00. The van der Waals surface area contributed by atoms with Crippen LogP contribution in [0.15, 0.2) is 0 Å². The molecule has 1 saturated heterocycles. The minimum Gasteiger partial charge on any atom is -0.396 e. The van der Waals surface area contributed by atoms with E-state index < -0.39 is 0 Å². The molecule has 1 heterocycles. The Bertz CT molecular complexity index is 203. The number of ether oxygens (including phenoxy) is 2. The molecule has 1 aliphatic heterocycles. The fourth-order valence-corrected chi connectivity index (χ4v) is 2.09. The molecular weight excluding hydrogens is 192 g/mol. The third kappa shape index (κ3) is 2.92. The summed E-state index contributed by atoms with van der Waals surface area (Å²) >= 11 is 0. The van der Waals surface area contributed by atoms with Crippen LogP contribution in [0.3, 0.4) is 0 Å². The van der Waals surface area contributed by atoms with Crippen molar-refractivity contribution in [3.05, 3.63) is 0 Å². The van der Waals surface area contributed by atoms with Crippen molar-refractivity contribution >= 4 is 0 Å². The van der Waals surface area contributed by atoms with Crippen molar-refractivity contribution in [3.63, 3.8) is 0 Å². The highest BCUT2D eigenvalue weighted by atomic mass is 16.5. The molecule has 0 aromatic carbocycles. The molecule has 1 aliphatic rings. The summed E-state index contributed by atoms with van der Waals surface area (Å²) in [4.78, 5) is 0. The zero-order chi connectivity index (χ0) is 11.5. The van der Waals surface area contributed by atoms with Gasteiger partial charge in [-0.05, 0) is 40.0 Å². The number of rotatable bonds is 5. The predicted octanol–water partition coefficient (Wildman–Crippen LogP) is 1.98. The Kier molecular flexibility index (Phi) is 4.15. The van der Waals surface area contributed by atoms with Gasteiger partial charge in [0.05, 0.1) is 18.3 Å². The largest absolute Gasteiger partial charge is 0.396 e. The zero-order valence-electron chi connectivity index (χ0n) is 10.4. The Labute approximate surface area is 92.8 Å². The second kappa shape index (κ2) is 4.81. The lowest BCUT2D eigenvalue weighted by Gasteiger charge is -2.33. The summed E-state index contributed by atoms with van der Waals surface area (Å²) in [7, 11) is 1.74. The third-order valence-electron chi connectivity index (χ3n) is 3.92. The van der Waals surface area contributed by atoms with Gasteiger partial charge in [-0.2, -0.15) is 0 Å². The first-order valence-corrected chi connectivity index (χ1v) is 5.73. The molecule has 15 heavy (non-hydrogen) atoms. The van der Waals surface area contributed by atoms with Crippen LogP contribution in [0, 0.1) is 5.41 Å². The van der Waals surface area contributed by atoms with E-state index in [1.807, 2.05) is 0 Å². The monoisotopic (exact) mass is 216 g/mol. The second-order valence-corrected chi connectivity index (χ2v) is 5.25. The maximum Gasteiger partial charge on any atom is 0.0626 e. The van der Waals surface area contributed by atoms with E-state index in [2.05, 4.69) is 20.8 Å². The van der Waals surface area contributed by atoms with E-state index in [0.717, 1.165) is 25.9 Å². The molecule has 1 rings (SSSR count). The van der Waals surface area contributed by atoms with Gasteiger partial charge in [0, 0.05) is 19.1 Å². The van der Waals surface area contributed by atoms with Crippen LogP contribution in [0.4, 0.5) is 0 Å². The summed E-state index contributed by atoms with van der Waals surface area (Å²) in [6.07, 6.45) is 3.04. The quantitative estimate of drug-likeness (QED) is 0.763. The summed E-state index contributed by atoms with van der Waals surface area (Å²) in [5.74, 6) is 0. The van der Waals surface area contributed by atoms with E-state index in [4.69, 9.17) is 9.47 Å². The highest BCUT2D eigenvalue weighted by Crippen LogP contribution is 2.40. The molecule has 0 aliphatic carbocycles. The molecule has 2 atom stereocenters. The smallest absolute Gasteiger partial charge is 0.0626 e. The molecule has 90 valence electrons. The Balaban J connectivity index is 2.54. The molecule has 1 fully saturated rings. The average Bonchev–Trinajstić information content (AvgIpc) is 2.58. The van der Waals surface area contributed by atoms with Crippen LogP contribution in [-0.2, 0) is 9.47 Å². The van der Waals surface area contributed by atoms with E-state index in [1.165, 1.54) is 0 Å². The molecule has 1 N–H and O–H groups in total. The lowest BCUT2D eigenvalue weighted by Crippen LogP contribution is -2.35. The highest BCUT2D eigenvalue weighted by Gasteiger charge is 2.41. The number of hydrogen-bond acceptors (Lipinski definition) is 3. The summed E-state index contributed by atoms with van der Waals surface area (Å²) < 4.78 is 11.0. The van der Waals surface area contributed by atoms with Gasteiger partial charge >= 0.3 is 0 Å². The lowest BCUT2D eigenvalue weighted by atomic mass is 9.76. The van der Waals surface area contributed by atoms with Crippen LogP contribution >= 0.6 is 0 Å². The summed E-state index contributed by atoms with van der Waals surface area (Å²) in [5, 5.41) is 9.54. The summed E-state index contributed by atoms with van der Waals surface area (Å²) in [6, 6.07) is 0. The Morgan fingerprint density at radius 2 is 2.20 bits per heavy atom. The van der Waals surface area contributed by atoms with E-state index in [1.54, 1.807) is 7.11 Å². The number of aliphatic hydroxyl groups is 1. The average molecular weight is 216 g/mol. The Hall–Kier alpha value is -0.120. The maximum atomic E-state index is 9.54. The number of methoxy groups -OCH3 is 1. The molecule has 0 radical (unpaired) electrons. The van der Waals surface area contributed by atoms with Crippen molar-refractivity contribution in [1.82, 2.24) is 0 Å². The van der Waals surface area contributed by atoms with Crippen molar-refractivity contribution in [3.8, 4) is 0 Å². The van der Waals surface area contributed by atoms with Gasteiger partial charge in [-0.15, -0.1) is 0 Å². The van der Waals surface area contributed by atoms with Gasteiger partial charge in [-0.3, -0.25) is 0 Å². The van der Waals surface area contributed by atoms with Crippen LogP contribution < -0.4 is 0 Å². The van der Waals surface area contributed by atoms with Crippen molar-refractivity contribution < 1.29 is 14.6 Å². The van der Waals surface area contributed by atoms with Crippen molar-refractivity contribution in [2.24, 2.45) is 5.41 Å². The van der Waals surface area contributed by atoms with Gasteiger partial charge < -0.3 is 14.6 Å². The van der Waals surface area contributed by atoms with Gasteiger partial charge in [0.2, 0.25) is 0 Å². The standard InChI is InChI=1S/C12H24O3/c1-10-12(9-13,7-8-15-10)6-5-11(2,3)14-4/h10,13H,5-9H2,1-4H3. The molecule has 0 spiro atoms. The molecule has 0 bridgehead atoms. The van der Waals surface area contributed by atoms with Crippen molar-refractivity contribution in [2.75, 3.05) is 20.3 Å². The Morgan fingerprint density at radius 3 is 2.60 bits per heavy atom. The Morgan fingerprint density at radius 1 is 1.53 bits per heavy atom. The predicted molar refractivity (Wildman–Crippen MR) is 59.9 cm³/mol. The lowest BCUT2D eigenvalue weighted by molar-refractivity contribution is -0.0217. The van der Waals surface area contributed by atoms with E-state index >= 15 is 0 Å². The molecule has 0 saturated carbocycles. The van der Waals surface area contributed by atoms with Gasteiger partial charge in [-0.25, -0.2) is 0 Å². The van der Waals surface area contributed by atoms with E-state index in [-0.39, 0.29) is 23.7 Å². The minimum absolute atomic E-state index is 0.0458.